The smallest absolute Gasteiger partial charge is 0.335 e. The van der Waals surface area contributed by atoms with Crippen LogP contribution in [0.3, 0.4) is 0 Å². The van der Waals surface area contributed by atoms with Crippen molar-refractivity contribution in [2.24, 2.45) is 0 Å². The highest BCUT2D eigenvalue weighted by atomic mass is 16.4. The number of aromatic nitrogens is 3. The van der Waals surface area contributed by atoms with Crippen LogP contribution in [0.25, 0.3) is 0 Å². The van der Waals surface area contributed by atoms with Crippen LogP contribution >= 0.6 is 0 Å². The van der Waals surface area contributed by atoms with Crippen molar-refractivity contribution in [1.29, 1.82) is 0 Å². The molecule has 1 aromatic heterocycles. The molecule has 0 atom stereocenters. The third kappa shape index (κ3) is 5.77. The molecule has 0 fully saturated rings. The molecular weight excluding hydrogens is 374 g/mol. The first-order valence-electron chi connectivity index (χ1n) is 10.1. The highest BCUT2D eigenvalue weighted by molar-refractivity contribution is 5.87. The molecule has 0 amide bonds. The summed E-state index contributed by atoms with van der Waals surface area (Å²) in [7, 11) is 0. The maximum atomic E-state index is 11.2. The lowest BCUT2D eigenvalue weighted by atomic mass is 10.0. The second-order valence-corrected chi connectivity index (χ2v) is 7.15. The van der Waals surface area contributed by atoms with Crippen LogP contribution in [0.5, 0.6) is 0 Å². The Labute approximate surface area is 177 Å². The summed E-state index contributed by atoms with van der Waals surface area (Å²) < 4.78 is 1.98. The van der Waals surface area contributed by atoms with E-state index in [0.717, 1.165) is 41.2 Å². The summed E-state index contributed by atoms with van der Waals surface area (Å²) in [5.41, 5.74) is 3.60. The number of benzene rings is 2. The van der Waals surface area contributed by atoms with E-state index in [4.69, 9.17) is 5.11 Å². The maximum absolute atomic E-state index is 11.2. The number of hydrogen-bond acceptors (Lipinski definition) is 3. The molecule has 0 saturated carbocycles. The topological polar surface area (TPSA) is 68.0 Å². The molecular formula is C25H27N3O2. The Balaban J connectivity index is 1.73. The number of carboxylic acid groups (broad SMARTS) is 1. The number of allylic oxidation sites excluding steroid dienone is 4. The van der Waals surface area contributed by atoms with Gasteiger partial charge in [0.05, 0.1) is 12.1 Å². The van der Waals surface area contributed by atoms with Gasteiger partial charge in [-0.2, -0.15) is 5.10 Å². The minimum atomic E-state index is -0.900. The van der Waals surface area contributed by atoms with Crippen LogP contribution < -0.4 is 0 Å². The van der Waals surface area contributed by atoms with E-state index >= 15 is 0 Å². The van der Waals surface area contributed by atoms with E-state index in [2.05, 4.69) is 46.5 Å². The Kier molecular flexibility index (Phi) is 7.33. The minimum absolute atomic E-state index is 0.317. The van der Waals surface area contributed by atoms with Crippen molar-refractivity contribution in [2.45, 2.75) is 39.7 Å². The molecule has 154 valence electrons. The van der Waals surface area contributed by atoms with Crippen LogP contribution in [0.2, 0.25) is 0 Å². The molecule has 0 radical (unpaired) electrons. The SMILES string of the molecule is C/C=C/Cc1nc(C/C=C/C)n(Cc2ccc(Cc3cccc(C(=O)O)c3)cc2)n1. The van der Waals surface area contributed by atoms with E-state index in [1.165, 1.54) is 0 Å². The van der Waals surface area contributed by atoms with E-state index in [0.29, 0.717) is 18.5 Å². The van der Waals surface area contributed by atoms with Gasteiger partial charge in [-0.05, 0) is 49.1 Å². The Morgan fingerprint density at radius 1 is 0.967 bits per heavy atom. The van der Waals surface area contributed by atoms with Crippen molar-refractivity contribution in [3.8, 4) is 0 Å². The summed E-state index contributed by atoms with van der Waals surface area (Å²) in [5, 5.41) is 13.8. The molecule has 5 nitrogen and oxygen atoms in total. The highest BCUT2D eigenvalue weighted by Crippen LogP contribution is 2.14. The number of hydrogen-bond donors (Lipinski definition) is 1. The van der Waals surface area contributed by atoms with E-state index in [9.17, 15) is 4.79 Å². The Morgan fingerprint density at radius 3 is 2.37 bits per heavy atom. The molecule has 0 aliphatic carbocycles. The van der Waals surface area contributed by atoms with E-state index in [1.54, 1.807) is 18.2 Å². The van der Waals surface area contributed by atoms with Gasteiger partial charge in [-0.3, -0.25) is 0 Å². The fraction of sp³-hybridized carbons (Fsp3) is 0.240. The third-order valence-electron chi connectivity index (χ3n) is 4.80. The molecule has 0 unspecified atom stereocenters. The molecule has 5 heteroatoms. The predicted molar refractivity (Wildman–Crippen MR) is 119 cm³/mol. The fourth-order valence-electron chi connectivity index (χ4n) is 3.22. The zero-order valence-electron chi connectivity index (χ0n) is 17.5. The van der Waals surface area contributed by atoms with Crippen LogP contribution in [0.1, 0.15) is 52.5 Å². The summed E-state index contributed by atoms with van der Waals surface area (Å²) in [4.78, 5) is 15.8. The molecule has 30 heavy (non-hydrogen) atoms. The van der Waals surface area contributed by atoms with Gasteiger partial charge in [0.15, 0.2) is 5.82 Å². The zero-order valence-corrected chi connectivity index (χ0v) is 17.5. The average molecular weight is 402 g/mol. The summed E-state index contributed by atoms with van der Waals surface area (Å²) in [6, 6.07) is 15.5. The molecule has 0 aliphatic heterocycles. The lowest BCUT2D eigenvalue weighted by molar-refractivity contribution is 0.0696. The van der Waals surface area contributed by atoms with Gasteiger partial charge >= 0.3 is 5.97 Å². The highest BCUT2D eigenvalue weighted by Gasteiger charge is 2.09. The summed E-state index contributed by atoms with van der Waals surface area (Å²) >= 11 is 0. The molecule has 0 aliphatic rings. The molecule has 3 aromatic rings. The van der Waals surface area contributed by atoms with Crippen LogP contribution in [0, 0.1) is 0 Å². The summed E-state index contributed by atoms with van der Waals surface area (Å²) in [6.45, 7) is 4.67. The van der Waals surface area contributed by atoms with Gasteiger partial charge < -0.3 is 5.11 Å². The van der Waals surface area contributed by atoms with Crippen molar-refractivity contribution >= 4 is 5.97 Å². The first-order chi connectivity index (χ1) is 14.6. The summed E-state index contributed by atoms with van der Waals surface area (Å²) in [5.74, 6) is 0.896. The molecule has 0 saturated heterocycles. The van der Waals surface area contributed by atoms with Crippen molar-refractivity contribution in [3.63, 3.8) is 0 Å². The van der Waals surface area contributed by atoms with Gasteiger partial charge in [-0.1, -0.05) is 60.7 Å². The number of rotatable bonds is 9. The second kappa shape index (κ2) is 10.3. The van der Waals surface area contributed by atoms with Gasteiger partial charge in [0, 0.05) is 12.8 Å². The standard InChI is InChI=1S/C25H27N3O2/c1-3-5-10-23-26-24(11-6-4-2)28(27-23)18-20-14-12-19(13-15-20)16-21-8-7-9-22(17-21)25(29)30/h3-9,12-15,17H,10-11,16,18H2,1-2H3,(H,29,30)/b5-3+,6-4+. The second-order valence-electron chi connectivity index (χ2n) is 7.15. The number of nitrogens with zero attached hydrogens (tertiary/aromatic N) is 3. The van der Waals surface area contributed by atoms with E-state index in [1.807, 2.05) is 36.7 Å². The average Bonchev–Trinajstić information content (AvgIpc) is 3.13. The van der Waals surface area contributed by atoms with Gasteiger partial charge in [-0.15, -0.1) is 0 Å². The van der Waals surface area contributed by atoms with Gasteiger partial charge in [0.1, 0.15) is 5.82 Å². The largest absolute Gasteiger partial charge is 0.478 e. The minimum Gasteiger partial charge on any atom is -0.478 e. The lowest BCUT2D eigenvalue weighted by Crippen LogP contribution is -2.07. The van der Waals surface area contributed by atoms with Gasteiger partial charge in [0.2, 0.25) is 0 Å². The molecule has 3 rings (SSSR count). The number of carbonyl (C=O) groups is 1. The van der Waals surface area contributed by atoms with E-state index < -0.39 is 5.97 Å². The molecule has 1 heterocycles. The molecule has 0 spiro atoms. The lowest BCUT2D eigenvalue weighted by Gasteiger charge is -2.07. The van der Waals surface area contributed by atoms with Crippen LogP contribution in [0.4, 0.5) is 0 Å². The Bertz CT molecular complexity index is 1050. The quantitative estimate of drug-likeness (QED) is 0.520. The van der Waals surface area contributed by atoms with Crippen molar-refractivity contribution in [1.82, 2.24) is 14.8 Å². The van der Waals surface area contributed by atoms with Crippen molar-refractivity contribution in [3.05, 3.63) is 107 Å². The van der Waals surface area contributed by atoms with Gasteiger partial charge in [-0.25, -0.2) is 14.5 Å². The van der Waals surface area contributed by atoms with Gasteiger partial charge in [0.25, 0.3) is 0 Å². The summed E-state index contributed by atoms with van der Waals surface area (Å²) in [6.07, 6.45) is 10.4. The van der Waals surface area contributed by atoms with Crippen LogP contribution in [-0.4, -0.2) is 25.8 Å². The maximum Gasteiger partial charge on any atom is 0.335 e. The van der Waals surface area contributed by atoms with Crippen molar-refractivity contribution < 1.29 is 9.90 Å². The van der Waals surface area contributed by atoms with Crippen LogP contribution in [-0.2, 0) is 25.8 Å². The molecule has 1 N–H and O–H groups in total. The normalized spacial score (nSPS) is 11.5. The molecule has 2 aromatic carbocycles. The van der Waals surface area contributed by atoms with Crippen molar-refractivity contribution in [2.75, 3.05) is 0 Å². The van der Waals surface area contributed by atoms with Crippen LogP contribution in [0.15, 0.2) is 72.8 Å². The number of aromatic carboxylic acids is 1. The predicted octanol–water partition coefficient (Wildman–Crippen LogP) is 4.85. The Morgan fingerprint density at radius 2 is 1.67 bits per heavy atom. The third-order valence-corrected chi connectivity index (χ3v) is 4.80. The first kappa shape index (κ1) is 21.2. The zero-order chi connectivity index (χ0) is 21.3. The Hall–Kier alpha value is -3.47. The number of carboxylic acids is 1. The molecule has 0 bridgehead atoms. The van der Waals surface area contributed by atoms with E-state index in [-0.39, 0.29) is 0 Å². The fourth-order valence-corrected chi connectivity index (χ4v) is 3.22. The first-order valence-corrected chi connectivity index (χ1v) is 10.1. The monoisotopic (exact) mass is 401 g/mol.